The highest BCUT2D eigenvalue weighted by Gasteiger charge is 2.19. The number of aryl methyl sites for hydroxylation is 1. The Morgan fingerprint density at radius 3 is 2.42 bits per heavy atom. The lowest BCUT2D eigenvalue weighted by molar-refractivity contribution is -0.148. The van der Waals surface area contributed by atoms with E-state index in [-0.39, 0.29) is 30.8 Å². The number of thiophene rings is 1. The van der Waals surface area contributed by atoms with E-state index in [1.165, 1.54) is 18.3 Å². The predicted octanol–water partition coefficient (Wildman–Crippen LogP) is 2.34. The van der Waals surface area contributed by atoms with E-state index in [1.807, 2.05) is 6.92 Å². The van der Waals surface area contributed by atoms with Gasteiger partial charge in [0.2, 0.25) is 0 Å². The van der Waals surface area contributed by atoms with E-state index in [9.17, 15) is 19.2 Å². The highest BCUT2D eigenvalue weighted by atomic mass is 32.1. The van der Waals surface area contributed by atoms with Crippen molar-refractivity contribution < 1.29 is 28.7 Å². The Morgan fingerprint density at radius 2 is 1.83 bits per heavy atom. The average molecular weight is 355 g/mol. The molecule has 0 aliphatic carbocycles. The molecule has 1 aromatic rings. The molecule has 24 heavy (non-hydrogen) atoms. The third kappa shape index (κ3) is 6.49. The van der Waals surface area contributed by atoms with Crippen molar-refractivity contribution in [1.29, 1.82) is 0 Å². The normalized spacial score (nSPS) is 10.1. The van der Waals surface area contributed by atoms with Crippen LogP contribution < -0.4 is 5.32 Å². The maximum atomic E-state index is 11.9. The molecule has 1 heterocycles. The quantitative estimate of drug-likeness (QED) is 0.683. The topological polar surface area (TPSA) is 98.8 Å². The van der Waals surface area contributed by atoms with Crippen molar-refractivity contribution >= 4 is 40.0 Å². The third-order valence-electron chi connectivity index (χ3n) is 2.93. The first kappa shape index (κ1) is 19.8. The first-order chi connectivity index (χ1) is 11.4. The zero-order valence-corrected chi connectivity index (χ0v) is 14.8. The second-order valence-electron chi connectivity index (χ2n) is 4.94. The number of anilines is 1. The van der Waals surface area contributed by atoms with Crippen LogP contribution in [0.15, 0.2) is 6.07 Å². The van der Waals surface area contributed by atoms with E-state index < -0.39 is 24.5 Å². The Kier molecular flexibility index (Phi) is 8.11. The van der Waals surface area contributed by atoms with E-state index in [2.05, 4.69) is 5.32 Å². The van der Waals surface area contributed by atoms with E-state index in [0.717, 1.165) is 4.88 Å². The molecule has 0 atom stereocenters. The summed E-state index contributed by atoms with van der Waals surface area (Å²) in [6.07, 6.45) is 0.737. The number of hydrogen-bond donors (Lipinski definition) is 1. The van der Waals surface area contributed by atoms with Crippen LogP contribution in [0.25, 0.3) is 0 Å². The molecule has 1 aromatic heterocycles. The van der Waals surface area contributed by atoms with Gasteiger partial charge in [-0.1, -0.05) is 6.92 Å². The zero-order chi connectivity index (χ0) is 18.1. The van der Waals surface area contributed by atoms with Crippen molar-refractivity contribution in [2.75, 3.05) is 18.5 Å². The maximum Gasteiger partial charge on any atom is 0.341 e. The summed E-state index contributed by atoms with van der Waals surface area (Å²) in [6, 6.07) is 1.68. The molecule has 0 unspecified atom stereocenters. The predicted molar refractivity (Wildman–Crippen MR) is 89.2 cm³/mol. The van der Waals surface area contributed by atoms with E-state index >= 15 is 0 Å². The molecule has 7 nitrogen and oxygen atoms in total. The van der Waals surface area contributed by atoms with Gasteiger partial charge >= 0.3 is 11.9 Å². The fraction of sp³-hybridized carbons (Fsp3) is 0.500. The van der Waals surface area contributed by atoms with Gasteiger partial charge in [-0.2, -0.15) is 0 Å². The van der Waals surface area contributed by atoms with Gasteiger partial charge in [-0.05, 0) is 26.3 Å². The molecule has 0 saturated carbocycles. The molecular weight excluding hydrogens is 334 g/mol. The maximum absolute atomic E-state index is 11.9. The largest absolute Gasteiger partial charge is 0.462 e. The molecule has 1 N–H and O–H groups in total. The average Bonchev–Trinajstić information content (AvgIpc) is 2.94. The highest BCUT2D eigenvalue weighted by Crippen LogP contribution is 2.29. The SMILES string of the molecule is CCOC(=O)c1cc(CC)sc1NC(=O)COC(=O)CCC(C)=O. The fourth-order valence-electron chi connectivity index (χ4n) is 1.73. The van der Waals surface area contributed by atoms with Gasteiger partial charge in [0.05, 0.1) is 18.6 Å². The number of nitrogens with one attached hydrogen (secondary N) is 1. The van der Waals surface area contributed by atoms with Crippen LogP contribution in [0, 0.1) is 0 Å². The second-order valence-corrected chi connectivity index (χ2v) is 6.08. The minimum atomic E-state index is -0.619. The van der Waals surface area contributed by atoms with Crippen LogP contribution in [0.2, 0.25) is 0 Å². The van der Waals surface area contributed by atoms with Gasteiger partial charge in [0, 0.05) is 11.3 Å². The molecule has 0 spiro atoms. The summed E-state index contributed by atoms with van der Waals surface area (Å²) in [5.41, 5.74) is 0.287. The standard InChI is InChI=1S/C16H21NO6S/c1-4-11-8-12(16(21)22-5-2)15(24-11)17-13(19)9-23-14(20)7-6-10(3)18/h8H,4-7,9H2,1-3H3,(H,17,19). The number of esters is 2. The van der Waals surface area contributed by atoms with Gasteiger partial charge in [-0.3, -0.25) is 9.59 Å². The first-order valence-corrected chi connectivity index (χ1v) is 8.43. The van der Waals surface area contributed by atoms with Crippen molar-refractivity contribution in [1.82, 2.24) is 0 Å². The molecule has 8 heteroatoms. The van der Waals surface area contributed by atoms with Crippen LogP contribution in [0.3, 0.4) is 0 Å². The number of rotatable bonds is 9. The Hall–Kier alpha value is -2.22. The fourth-order valence-corrected chi connectivity index (χ4v) is 2.73. The number of carbonyl (C=O) groups is 4. The zero-order valence-electron chi connectivity index (χ0n) is 14.0. The summed E-state index contributed by atoms with van der Waals surface area (Å²) in [4.78, 5) is 46.9. The number of amides is 1. The van der Waals surface area contributed by atoms with Gasteiger partial charge in [-0.15, -0.1) is 11.3 Å². The second kappa shape index (κ2) is 9.82. The molecule has 0 aliphatic rings. The number of hydrogen-bond acceptors (Lipinski definition) is 7. The number of Topliss-reactive ketones (excluding diaryl/α,β-unsaturated/α-hetero) is 1. The summed E-state index contributed by atoms with van der Waals surface area (Å²) < 4.78 is 9.75. The molecule has 0 radical (unpaired) electrons. The molecule has 1 rings (SSSR count). The lowest BCUT2D eigenvalue weighted by Gasteiger charge is -2.07. The third-order valence-corrected chi connectivity index (χ3v) is 4.12. The van der Waals surface area contributed by atoms with Crippen LogP contribution in [-0.4, -0.2) is 36.8 Å². The highest BCUT2D eigenvalue weighted by molar-refractivity contribution is 7.16. The van der Waals surface area contributed by atoms with E-state index in [4.69, 9.17) is 9.47 Å². The Balaban J connectivity index is 2.62. The van der Waals surface area contributed by atoms with Crippen LogP contribution in [0.1, 0.15) is 48.8 Å². The van der Waals surface area contributed by atoms with Gasteiger partial charge in [0.25, 0.3) is 5.91 Å². The van der Waals surface area contributed by atoms with Crippen molar-refractivity contribution in [2.24, 2.45) is 0 Å². The summed E-state index contributed by atoms with van der Waals surface area (Å²) in [5, 5.41) is 2.93. The van der Waals surface area contributed by atoms with Crippen molar-refractivity contribution in [3.8, 4) is 0 Å². The lowest BCUT2D eigenvalue weighted by Crippen LogP contribution is -2.21. The van der Waals surface area contributed by atoms with Crippen LogP contribution in [0.5, 0.6) is 0 Å². The Bertz CT molecular complexity index is 622. The number of ether oxygens (including phenoxy) is 2. The van der Waals surface area contributed by atoms with Crippen LogP contribution in [-0.2, 0) is 30.3 Å². The van der Waals surface area contributed by atoms with Crippen LogP contribution in [0.4, 0.5) is 5.00 Å². The number of ketones is 1. The van der Waals surface area contributed by atoms with Gasteiger partial charge < -0.3 is 19.6 Å². The molecule has 1 amide bonds. The minimum Gasteiger partial charge on any atom is -0.462 e. The lowest BCUT2D eigenvalue weighted by atomic mass is 10.2. The van der Waals surface area contributed by atoms with Crippen LogP contribution >= 0.6 is 11.3 Å². The van der Waals surface area contributed by atoms with Gasteiger partial charge in [-0.25, -0.2) is 4.79 Å². The summed E-state index contributed by atoms with van der Waals surface area (Å²) in [5.74, 6) is -1.81. The van der Waals surface area contributed by atoms with Crippen molar-refractivity contribution in [2.45, 2.75) is 40.0 Å². The molecule has 0 saturated heterocycles. The molecule has 0 fully saturated rings. The van der Waals surface area contributed by atoms with Crippen molar-refractivity contribution in [3.63, 3.8) is 0 Å². The first-order valence-electron chi connectivity index (χ1n) is 7.62. The molecule has 0 aliphatic heterocycles. The van der Waals surface area contributed by atoms with Gasteiger partial charge in [0.1, 0.15) is 10.8 Å². The summed E-state index contributed by atoms with van der Waals surface area (Å²) >= 11 is 1.27. The monoisotopic (exact) mass is 355 g/mol. The molecular formula is C16H21NO6S. The van der Waals surface area contributed by atoms with Crippen molar-refractivity contribution in [3.05, 3.63) is 16.5 Å². The van der Waals surface area contributed by atoms with Gasteiger partial charge in [0.15, 0.2) is 6.61 Å². The summed E-state index contributed by atoms with van der Waals surface area (Å²) in [6.45, 7) is 4.77. The number of carbonyl (C=O) groups excluding carboxylic acids is 4. The minimum absolute atomic E-state index is 0.0598. The molecule has 0 aromatic carbocycles. The molecule has 0 bridgehead atoms. The smallest absolute Gasteiger partial charge is 0.341 e. The van der Waals surface area contributed by atoms with E-state index in [1.54, 1.807) is 13.0 Å². The summed E-state index contributed by atoms with van der Waals surface area (Å²) in [7, 11) is 0. The Labute approximate surface area is 144 Å². The van der Waals surface area contributed by atoms with E-state index in [0.29, 0.717) is 11.4 Å². The molecule has 132 valence electrons. The Morgan fingerprint density at radius 1 is 1.12 bits per heavy atom.